The molecule has 1 aromatic rings. The SMILES string of the molecule is CNC1(c2ncc(CN(C)C)s2)CC1. The molecule has 1 saturated carbocycles. The molecular formula is C10H17N3S. The first-order chi connectivity index (χ1) is 6.66. The summed E-state index contributed by atoms with van der Waals surface area (Å²) in [5.74, 6) is 0. The maximum Gasteiger partial charge on any atom is 0.113 e. The number of aromatic nitrogens is 1. The third-order valence-corrected chi connectivity index (χ3v) is 3.85. The van der Waals surface area contributed by atoms with Crippen molar-refractivity contribution in [1.29, 1.82) is 0 Å². The van der Waals surface area contributed by atoms with Crippen molar-refractivity contribution < 1.29 is 0 Å². The zero-order valence-corrected chi connectivity index (χ0v) is 9.82. The summed E-state index contributed by atoms with van der Waals surface area (Å²) in [4.78, 5) is 8.03. The molecule has 0 saturated heterocycles. The Kier molecular flexibility index (Phi) is 2.60. The summed E-state index contributed by atoms with van der Waals surface area (Å²) in [6.45, 7) is 0.997. The van der Waals surface area contributed by atoms with E-state index >= 15 is 0 Å². The smallest absolute Gasteiger partial charge is 0.113 e. The van der Waals surface area contributed by atoms with Gasteiger partial charge in [-0.1, -0.05) is 0 Å². The van der Waals surface area contributed by atoms with Gasteiger partial charge >= 0.3 is 0 Å². The van der Waals surface area contributed by atoms with Crippen LogP contribution in [0, 0.1) is 0 Å². The first kappa shape index (κ1) is 10.1. The fraction of sp³-hybridized carbons (Fsp3) is 0.700. The van der Waals surface area contributed by atoms with Crippen LogP contribution in [0.2, 0.25) is 0 Å². The van der Waals surface area contributed by atoms with Crippen molar-refractivity contribution in [3.05, 3.63) is 16.1 Å². The lowest BCUT2D eigenvalue weighted by molar-refractivity contribution is 0.406. The van der Waals surface area contributed by atoms with Gasteiger partial charge in [-0.3, -0.25) is 0 Å². The van der Waals surface area contributed by atoms with Crippen LogP contribution in [0.1, 0.15) is 22.7 Å². The van der Waals surface area contributed by atoms with Crippen LogP contribution in [0.25, 0.3) is 0 Å². The minimum Gasteiger partial charge on any atom is -0.308 e. The topological polar surface area (TPSA) is 28.2 Å². The summed E-state index contributed by atoms with van der Waals surface area (Å²) >= 11 is 1.84. The summed E-state index contributed by atoms with van der Waals surface area (Å²) in [7, 11) is 6.20. The standard InChI is InChI=1S/C10H17N3S/c1-11-10(4-5-10)9-12-6-8(14-9)7-13(2)3/h6,11H,4-5,7H2,1-3H3. The molecular weight excluding hydrogens is 194 g/mol. The third kappa shape index (κ3) is 1.82. The van der Waals surface area contributed by atoms with Gasteiger partial charge in [0.25, 0.3) is 0 Å². The van der Waals surface area contributed by atoms with Crippen molar-refractivity contribution in [1.82, 2.24) is 15.2 Å². The maximum absolute atomic E-state index is 4.50. The third-order valence-electron chi connectivity index (χ3n) is 2.66. The molecule has 78 valence electrons. The minimum absolute atomic E-state index is 0.231. The number of nitrogens with zero attached hydrogens (tertiary/aromatic N) is 2. The molecule has 0 aromatic carbocycles. The highest BCUT2D eigenvalue weighted by molar-refractivity contribution is 7.11. The Morgan fingerprint density at radius 3 is 2.79 bits per heavy atom. The fourth-order valence-electron chi connectivity index (χ4n) is 1.61. The van der Waals surface area contributed by atoms with Gasteiger partial charge in [-0.2, -0.15) is 0 Å². The van der Waals surface area contributed by atoms with Crippen molar-refractivity contribution >= 4 is 11.3 Å². The van der Waals surface area contributed by atoms with Gasteiger partial charge in [-0.05, 0) is 34.0 Å². The van der Waals surface area contributed by atoms with Crippen molar-refractivity contribution in [2.24, 2.45) is 0 Å². The monoisotopic (exact) mass is 211 g/mol. The van der Waals surface area contributed by atoms with Crippen LogP contribution in [-0.2, 0) is 12.1 Å². The molecule has 1 N–H and O–H groups in total. The summed E-state index contributed by atoms with van der Waals surface area (Å²) in [5, 5.41) is 4.63. The summed E-state index contributed by atoms with van der Waals surface area (Å²) < 4.78 is 0. The van der Waals surface area contributed by atoms with Crippen LogP contribution >= 0.6 is 11.3 Å². The minimum atomic E-state index is 0.231. The molecule has 0 atom stereocenters. The Morgan fingerprint density at radius 2 is 2.29 bits per heavy atom. The molecule has 1 aromatic heterocycles. The molecule has 2 rings (SSSR count). The van der Waals surface area contributed by atoms with E-state index in [-0.39, 0.29) is 5.54 Å². The zero-order chi connectivity index (χ0) is 10.2. The second-order valence-electron chi connectivity index (χ2n) is 4.20. The highest BCUT2D eigenvalue weighted by Crippen LogP contribution is 2.46. The van der Waals surface area contributed by atoms with Crippen molar-refractivity contribution in [2.75, 3.05) is 21.1 Å². The van der Waals surface area contributed by atoms with E-state index in [0.29, 0.717) is 0 Å². The fourth-order valence-corrected chi connectivity index (χ4v) is 2.89. The van der Waals surface area contributed by atoms with Gasteiger partial charge in [0.2, 0.25) is 0 Å². The van der Waals surface area contributed by atoms with Gasteiger partial charge in [-0.25, -0.2) is 4.98 Å². The lowest BCUT2D eigenvalue weighted by atomic mass is 10.3. The molecule has 3 nitrogen and oxygen atoms in total. The van der Waals surface area contributed by atoms with Crippen molar-refractivity contribution in [3.8, 4) is 0 Å². The molecule has 0 aliphatic heterocycles. The molecule has 0 bridgehead atoms. The van der Waals surface area contributed by atoms with Gasteiger partial charge in [0.05, 0.1) is 5.54 Å². The van der Waals surface area contributed by atoms with E-state index in [0.717, 1.165) is 6.54 Å². The summed E-state index contributed by atoms with van der Waals surface area (Å²) in [6.07, 6.45) is 4.48. The van der Waals surface area contributed by atoms with Gasteiger partial charge in [0.15, 0.2) is 0 Å². The largest absolute Gasteiger partial charge is 0.308 e. The average Bonchev–Trinajstić information content (AvgIpc) is 2.81. The second kappa shape index (κ2) is 3.61. The average molecular weight is 211 g/mol. The molecule has 0 unspecified atom stereocenters. The predicted molar refractivity (Wildman–Crippen MR) is 59.5 cm³/mol. The van der Waals surface area contributed by atoms with E-state index in [1.54, 1.807) is 0 Å². The van der Waals surface area contributed by atoms with Crippen LogP contribution in [0.3, 0.4) is 0 Å². The van der Waals surface area contributed by atoms with Crippen LogP contribution in [0.5, 0.6) is 0 Å². The number of nitrogens with one attached hydrogen (secondary N) is 1. The number of hydrogen-bond donors (Lipinski definition) is 1. The molecule has 0 spiro atoms. The highest BCUT2D eigenvalue weighted by Gasteiger charge is 2.45. The molecule has 1 aliphatic carbocycles. The van der Waals surface area contributed by atoms with E-state index in [1.165, 1.54) is 22.7 Å². The van der Waals surface area contributed by atoms with Crippen LogP contribution in [0.15, 0.2) is 6.20 Å². The lowest BCUT2D eigenvalue weighted by Crippen LogP contribution is -2.24. The molecule has 0 amide bonds. The second-order valence-corrected chi connectivity index (χ2v) is 5.32. The highest BCUT2D eigenvalue weighted by atomic mass is 32.1. The molecule has 1 aliphatic rings. The Balaban J connectivity index is 2.10. The van der Waals surface area contributed by atoms with E-state index < -0.39 is 0 Å². The maximum atomic E-state index is 4.50. The quantitative estimate of drug-likeness (QED) is 0.816. The van der Waals surface area contributed by atoms with E-state index in [1.807, 2.05) is 24.6 Å². The van der Waals surface area contributed by atoms with Crippen LogP contribution < -0.4 is 5.32 Å². The van der Waals surface area contributed by atoms with Gasteiger partial charge in [0.1, 0.15) is 5.01 Å². The van der Waals surface area contributed by atoms with E-state index in [2.05, 4.69) is 29.3 Å². The van der Waals surface area contributed by atoms with Gasteiger partial charge < -0.3 is 10.2 Å². The molecule has 14 heavy (non-hydrogen) atoms. The number of rotatable bonds is 4. The Bertz CT molecular complexity index is 315. The Labute approximate surface area is 89.1 Å². The predicted octanol–water partition coefficient (Wildman–Crippen LogP) is 1.41. The van der Waals surface area contributed by atoms with Gasteiger partial charge in [-0.15, -0.1) is 11.3 Å². The molecule has 4 heteroatoms. The van der Waals surface area contributed by atoms with E-state index in [4.69, 9.17) is 0 Å². The summed E-state index contributed by atoms with van der Waals surface area (Å²) in [5.41, 5.74) is 0.231. The zero-order valence-electron chi connectivity index (χ0n) is 9.00. The molecule has 1 heterocycles. The van der Waals surface area contributed by atoms with Crippen molar-refractivity contribution in [2.45, 2.75) is 24.9 Å². The first-order valence-electron chi connectivity index (χ1n) is 4.95. The Morgan fingerprint density at radius 1 is 1.57 bits per heavy atom. The van der Waals surface area contributed by atoms with E-state index in [9.17, 15) is 0 Å². The van der Waals surface area contributed by atoms with Gasteiger partial charge in [0, 0.05) is 17.6 Å². The number of hydrogen-bond acceptors (Lipinski definition) is 4. The summed E-state index contributed by atoms with van der Waals surface area (Å²) in [6, 6.07) is 0. The van der Waals surface area contributed by atoms with Crippen LogP contribution in [0.4, 0.5) is 0 Å². The number of thiazole rings is 1. The molecule has 1 fully saturated rings. The molecule has 0 radical (unpaired) electrons. The van der Waals surface area contributed by atoms with Crippen LogP contribution in [-0.4, -0.2) is 31.0 Å². The first-order valence-corrected chi connectivity index (χ1v) is 5.77. The Hall–Kier alpha value is -0.450. The van der Waals surface area contributed by atoms with Crippen molar-refractivity contribution in [3.63, 3.8) is 0 Å². The lowest BCUT2D eigenvalue weighted by Gasteiger charge is -2.09. The normalized spacial score (nSPS) is 18.9.